The predicted octanol–water partition coefficient (Wildman–Crippen LogP) is 2.32. The summed E-state index contributed by atoms with van der Waals surface area (Å²) in [5, 5.41) is 10.6. The molecule has 0 fully saturated rings. The van der Waals surface area contributed by atoms with E-state index in [1.54, 1.807) is 0 Å². The molecule has 0 saturated heterocycles. The summed E-state index contributed by atoms with van der Waals surface area (Å²) in [5.41, 5.74) is -1.13. The van der Waals surface area contributed by atoms with Gasteiger partial charge in [0.15, 0.2) is 5.56 Å². The van der Waals surface area contributed by atoms with Crippen molar-refractivity contribution < 1.29 is 23.2 Å². The normalized spacial score (nSPS) is 10.4. The molecule has 0 saturated carbocycles. The van der Waals surface area contributed by atoms with Crippen LogP contribution in [0.5, 0.6) is 0 Å². The zero-order valence-electron chi connectivity index (χ0n) is 8.32. The zero-order valence-corrected chi connectivity index (χ0v) is 10.5. The predicted molar refractivity (Wildman–Crippen MR) is 59.9 cm³/mol. The van der Waals surface area contributed by atoms with E-state index in [0.717, 1.165) is 13.2 Å². The van der Waals surface area contributed by atoms with Crippen LogP contribution >= 0.6 is 22.6 Å². The molecule has 0 spiro atoms. The molecule has 0 radical (unpaired) electrons. The molecular formula is C8H5F2IN2O4. The van der Waals surface area contributed by atoms with Gasteiger partial charge in [-0.25, -0.2) is 13.6 Å². The molecular weight excluding hydrogens is 353 g/mol. The Labute approximate surface area is 107 Å². The van der Waals surface area contributed by atoms with Gasteiger partial charge in [-0.15, -0.1) is 0 Å². The van der Waals surface area contributed by atoms with Crippen molar-refractivity contribution >= 4 is 34.4 Å². The van der Waals surface area contributed by atoms with Crippen LogP contribution in [-0.4, -0.2) is 23.0 Å². The fourth-order valence-corrected chi connectivity index (χ4v) is 1.67. The van der Waals surface area contributed by atoms with Gasteiger partial charge in [-0.1, -0.05) is 0 Å². The van der Waals surface area contributed by atoms with Crippen molar-refractivity contribution in [2.45, 2.75) is 6.43 Å². The van der Waals surface area contributed by atoms with Crippen molar-refractivity contribution in [2.75, 3.05) is 7.11 Å². The van der Waals surface area contributed by atoms with Crippen LogP contribution < -0.4 is 0 Å². The number of alkyl halides is 2. The first-order valence-corrected chi connectivity index (χ1v) is 5.17. The van der Waals surface area contributed by atoms with Gasteiger partial charge >= 0.3 is 11.8 Å². The summed E-state index contributed by atoms with van der Waals surface area (Å²) in [6.07, 6.45) is -2.88. The van der Waals surface area contributed by atoms with E-state index in [0.29, 0.717) is 0 Å². The zero-order chi connectivity index (χ0) is 13.2. The van der Waals surface area contributed by atoms with Gasteiger partial charge in [0.25, 0.3) is 6.43 Å². The topological polar surface area (TPSA) is 82.3 Å². The number of aromatic nitrogens is 1. The number of pyridine rings is 1. The Morgan fingerprint density at radius 3 is 2.65 bits per heavy atom. The van der Waals surface area contributed by atoms with E-state index in [-0.39, 0.29) is 3.70 Å². The molecule has 0 atom stereocenters. The molecule has 1 heterocycles. The number of hydrogen-bond acceptors (Lipinski definition) is 5. The van der Waals surface area contributed by atoms with E-state index in [2.05, 4.69) is 9.72 Å². The molecule has 9 heteroatoms. The Morgan fingerprint density at radius 2 is 2.24 bits per heavy atom. The summed E-state index contributed by atoms with van der Waals surface area (Å²) in [6.45, 7) is 0. The number of nitro groups is 1. The Morgan fingerprint density at radius 1 is 1.65 bits per heavy atom. The number of halogens is 3. The second-order valence-corrected chi connectivity index (χ2v) is 3.81. The minimum Gasteiger partial charge on any atom is -0.465 e. The molecule has 0 aliphatic rings. The molecule has 0 N–H and O–H groups in total. The van der Waals surface area contributed by atoms with Crippen LogP contribution in [0.25, 0.3) is 0 Å². The van der Waals surface area contributed by atoms with Gasteiger partial charge in [0, 0.05) is 22.6 Å². The van der Waals surface area contributed by atoms with Crippen molar-refractivity contribution in [1.29, 1.82) is 0 Å². The largest absolute Gasteiger partial charge is 0.465 e. The SMILES string of the molecule is COC(=O)c1cc(C(F)F)c(I)nc1[N+](=O)[O-]. The monoisotopic (exact) mass is 358 g/mol. The van der Waals surface area contributed by atoms with Crippen molar-refractivity contribution in [3.8, 4) is 0 Å². The highest BCUT2D eigenvalue weighted by Crippen LogP contribution is 2.28. The third-order valence-electron chi connectivity index (χ3n) is 1.80. The molecule has 0 aliphatic heterocycles. The van der Waals surface area contributed by atoms with Crippen molar-refractivity contribution in [3.05, 3.63) is 31.0 Å². The van der Waals surface area contributed by atoms with Crippen LogP contribution in [0, 0.1) is 13.8 Å². The number of nitrogens with zero attached hydrogens (tertiary/aromatic N) is 2. The lowest BCUT2D eigenvalue weighted by atomic mass is 10.2. The Kier molecular flexibility index (Phi) is 4.26. The molecule has 1 aromatic rings. The first kappa shape index (κ1) is 13.7. The van der Waals surface area contributed by atoms with Crippen LogP contribution in [0.3, 0.4) is 0 Å². The average molecular weight is 358 g/mol. The van der Waals surface area contributed by atoms with Gasteiger partial charge in [-0.3, -0.25) is 0 Å². The maximum atomic E-state index is 12.5. The van der Waals surface area contributed by atoms with Gasteiger partial charge in [-0.2, -0.15) is 0 Å². The molecule has 0 aromatic carbocycles. The van der Waals surface area contributed by atoms with Gasteiger partial charge in [0.2, 0.25) is 3.70 Å². The summed E-state index contributed by atoms with van der Waals surface area (Å²) >= 11 is 1.44. The van der Waals surface area contributed by atoms with Crippen LogP contribution in [-0.2, 0) is 4.74 Å². The number of carbonyl (C=O) groups excluding carboxylic acids is 1. The maximum absolute atomic E-state index is 12.5. The number of rotatable bonds is 3. The van der Waals surface area contributed by atoms with Crippen LogP contribution in [0.15, 0.2) is 6.07 Å². The summed E-state index contributed by atoms with van der Waals surface area (Å²) in [5.74, 6) is -1.88. The van der Waals surface area contributed by atoms with Crippen LogP contribution in [0.4, 0.5) is 14.6 Å². The quantitative estimate of drug-likeness (QED) is 0.272. The van der Waals surface area contributed by atoms with Gasteiger partial charge in [0.05, 0.1) is 12.7 Å². The number of hydrogen-bond donors (Lipinski definition) is 0. The molecule has 0 aliphatic carbocycles. The highest BCUT2D eigenvalue weighted by molar-refractivity contribution is 14.1. The number of methoxy groups -OCH3 is 1. The second-order valence-electron chi connectivity index (χ2n) is 2.79. The van der Waals surface area contributed by atoms with E-state index < -0.39 is 34.3 Å². The van der Waals surface area contributed by atoms with E-state index in [4.69, 9.17) is 0 Å². The lowest BCUT2D eigenvalue weighted by Gasteiger charge is -2.04. The van der Waals surface area contributed by atoms with Gasteiger partial charge < -0.3 is 14.9 Å². The first-order valence-electron chi connectivity index (χ1n) is 4.09. The van der Waals surface area contributed by atoms with Crippen LogP contribution in [0.1, 0.15) is 22.3 Å². The van der Waals surface area contributed by atoms with Crippen LogP contribution in [0.2, 0.25) is 0 Å². The molecule has 1 rings (SSSR count). The standard InChI is InChI=1S/C8H5F2IN2O4/c1-17-8(14)4-2-3(5(9)10)6(11)12-7(4)13(15)16/h2,5H,1H3. The van der Waals surface area contributed by atoms with E-state index >= 15 is 0 Å². The molecule has 0 unspecified atom stereocenters. The summed E-state index contributed by atoms with van der Waals surface area (Å²) in [4.78, 5) is 24.3. The lowest BCUT2D eigenvalue weighted by molar-refractivity contribution is -0.390. The van der Waals surface area contributed by atoms with Crippen molar-refractivity contribution in [2.24, 2.45) is 0 Å². The fraction of sp³-hybridized carbons (Fsp3) is 0.250. The minimum atomic E-state index is -2.88. The highest BCUT2D eigenvalue weighted by Gasteiger charge is 2.28. The smallest absolute Gasteiger partial charge is 0.379 e. The second kappa shape index (κ2) is 5.29. The average Bonchev–Trinajstić information content (AvgIpc) is 2.26. The lowest BCUT2D eigenvalue weighted by Crippen LogP contribution is -2.10. The summed E-state index contributed by atoms with van der Waals surface area (Å²) in [7, 11) is 0.992. The van der Waals surface area contributed by atoms with Gasteiger partial charge in [0.1, 0.15) is 0 Å². The van der Waals surface area contributed by atoms with E-state index in [9.17, 15) is 23.7 Å². The van der Waals surface area contributed by atoms with Gasteiger partial charge in [-0.05, 0) is 16.0 Å². The molecule has 92 valence electrons. The highest BCUT2D eigenvalue weighted by atomic mass is 127. The molecule has 1 aromatic heterocycles. The maximum Gasteiger partial charge on any atom is 0.379 e. The van der Waals surface area contributed by atoms with E-state index in [1.165, 1.54) is 22.6 Å². The van der Waals surface area contributed by atoms with E-state index in [1.807, 2.05) is 0 Å². The third kappa shape index (κ3) is 2.84. The minimum absolute atomic E-state index is 0.225. The number of ether oxygens (including phenoxy) is 1. The van der Waals surface area contributed by atoms with Crippen molar-refractivity contribution in [3.63, 3.8) is 0 Å². The first-order chi connectivity index (χ1) is 7.88. The molecule has 6 nitrogen and oxygen atoms in total. The summed E-state index contributed by atoms with van der Waals surface area (Å²) in [6, 6.07) is 0.726. The Balaban J connectivity index is 3.47. The third-order valence-corrected chi connectivity index (χ3v) is 2.66. The molecule has 17 heavy (non-hydrogen) atoms. The summed E-state index contributed by atoms with van der Waals surface area (Å²) < 4.78 is 29.1. The van der Waals surface area contributed by atoms with Crippen molar-refractivity contribution in [1.82, 2.24) is 4.98 Å². The Hall–Kier alpha value is -1.39. The number of carbonyl (C=O) groups is 1. The molecule has 0 bridgehead atoms. The fourth-order valence-electron chi connectivity index (χ4n) is 1.05. The number of esters is 1. The molecule has 0 amide bonds. The Bertz CT molecular complexity index is 481.